The maximum absolute atomic E-state index is 13.9. The van der Waals surface area contributed by atoms with Gasteiger partial charge >= 0.3 is 0 Å². The van der Waals surface area contributed by atoms with Gasteiger partial charge in [0.1, 0.15) is 18.2 Å². The zero-order valence-corrected chi connectivity index (χ0v) is 10.7. The van der Waals surface area contributed by atoms with Crippen LogP contribution in [0.5, 0.6) is 5.75 Å². The summed E-state index contributed by atoms with van der Waals surface area (Å²) >= 11 is 0. The summed E-state index contributed by atoms with van der Waals surface area (Å²) in [6.45, 7) is 0.905. The molecule has 0 aliphatic carbocycles. The third-order valence-electron chi connectivity index (χ3n) is 2.72. The number of halogens is 1. The molecule has 4 heteroatoms. The maximum atomic E-state index is 13.9. The first-order valence-corrected chi connectivity index (χ1v) is 5.98. The molecule has 0 saturated carbocycles. The fourth-order valence-electron chi connectivity index (χ4n) is 1.80. The van der Waals surface area contributed by atoms with E-state index in [-0.39, 0.29) is 5.82 Å². The Kier molecular flexibility index (Phi) is 4.36. The number of rotatable bonds is 5. The van der Waals surface area contributed by atoms with Gasteiger partial charge in [0, 0.05) is 23.9 Å². The SMILES string of the molecule is COCCOc1ccccc1-c1ccc(N)cc1F. The third kappa shape index (κ3) is 3.23. The zero-order valence-electron chi connectivity index (χ0n) is 10.7. The summed E-state index contributed by atoms with van der Waals surface area (Å²) in [5.41, 5.74) is 7.13. The molecular weight excluding hydrogens is 245 g/mol. The van der Waals surface area contributed by atoms with Crippen LogP contribution >= 0.6 is 0 Å². The van der Waals surface area contributed by atoms with E-state index in [9.17, 15) is 4.39 Å². The molecule has 0 amide bonds. The monoisotopic (exact) mass is 261 g/mol. The quantitative estimate of drug-likeness (QED) is 0.664. The van der Waals surface area contributed by atoms with E-state index in [0.29, 0.717) is 35.8 Å². The Hall–Kier alpha value is -2.07. The minimum absolute atomic E-state index is 0.359. The van der Waals surface area contributed by atoms with Gasteiger partial charge in [-0.25, -0.2) is 4.39 Å². The number of anilines is 1. The lowest BCUT2D eigenvalue weighted by Crippen LogP contribution is -2.05. The number of nitrogens with two attached hydrogens (primary N) is 1. The highest BCUT2D eigenvalue weighted by molar-refractivity contribution is 5.72. The normalized spacial score (nSPS) is 10.4. The molecule has 2 aromatic carbocycles. The molecule has 0 radical (unpaired) electrons. The molecule has 2 rings (SSSR count). The first kappa shape index (κ1) is 13.4. The molecule has 0 fully saturated rings. The smallest absolute Gasteiger partial charge is 0.133 e. The van der Waals surface area contributed by atoms with E-state index < -0.39 is 0 Å². The molecular formula is C15H16FNO2. The molecule has 0 aliphatic rings. The van der Waals surface area contributed by atoms with Crippen LogP contribution in [-0.2, 0) is 4.74 Å². The molecule has 2 N–H and O–H groups in total. The number of hydrogen-bond acceptors (Lipinski definition) is 3. The highest BCUT2D eigenvalue weighted by atomic mass is 19.1. The van der Waals surface area contributed by atoms with Gasteiger partial charge in [-0.15, -0.1) is 0 Å². The summed E-state index contributed by atoms with van der Waals surface area (Å²) < 4.78 is 24.5. The molecule has 2 aromatic rings. The molecule has 0 spiro atoms. The molecule has 0 aliphatic heterocycles. The first-order chi connectivity index (χ1) is 9.22. The van der Waals surface area contributed by atoms with Crippen LogP contribution in [0, 0.1) is 5.82 Å². The van der Waals surface area contributed by atoms with E-state index in [1.807, 2.05) is 18.2 Å². The molecule has 0 heterocycles. The molecule has 0 saturated heterocycles. The van der Waals surface area contributed by atoms with Crippen molar-refractivity contribution in [3.63, 3.8) is 0 Å². The lowest BCUT2D eigenvalue weighted by molar-refractivity contribution is 0.146. The van der Waals surface area contributed by atoms with Crippen molar-refractivity contribution in [2.45, 2.75) is 0 Å². The van der Waals surface area contributed by atoms with Gasteiger partial charge in [0.05, 0.1) is 6.61 Å². The van der Waals surface area contributed by atoms with Gasteiger partial charge in [0.25, 0.3) is 0 Å². The minimum Gasteiger partial charge on any atom is -0.491 e. The summed E-state index contributed by atoms with van der Waals surface area (Å²) in [4.78, 5) is 0. The standard InChI is InChI=1S/C15H16FNO2/c1-18-8-9-19-15-5-3-2-4-13(15)12-7-6-11(17)10-14(12)16/h2-7,10H,8-9,17H2,1H3. The largest absolute Gasteiger partial charge is 0.491 e. The number of nitrogen functional groups attached to an aromatic ring is 1. The summed E-state index contributed by atoms with van der Waals surface area (Å²) in [5.74, 6) is 0.269. The first-order valence-electron chi connectivity index (χ1n) is 5.98. The second-order valence-corrected chi connectivity index (χ2v) is 4.08. The van der Waals surface area contributed by atoms with Gasteiger partial charge in [-0.1, -0.05) is 18.2 Å². The Morgan fingerprint density at radius 3 is 2.58 bits per heavy atom. The van der Waals surface area contributed by atoms with Gasteiger partial charge in [0.15, 0.2) is 0 Å². The summed E-state index contributed by atoms with van der Waals surface area (Å²) in [7, 11) is 1.61. The Morgan fingerprint density at radius 1 is 1.05 bits per heavy atom. The van der Waals surface area contributed by atoms with Crippen molar-refractivity contribution < 1.29 is 13.9 Å². The molecule has 0 atom stereocenters. The average Bonchev–Trinajstić information content (AvgIpc) is 2.40. The number of methoxy groups -OCH3 is 1. The molecule has 100 valence electrons. The lowest BCUT2D eigenvalue weighted by Gasteiger charge is -2.12. The molecule has 0 unspecified atom stereocenters. The fraction of sp³-hybridized carbons (Fsp3) is 0.200. The Labute approximate surface area is 111 Å². The minimum atomic E-state index is -0.359. The molecule has 3 nitrogen and oxygen atoms in total. The van der Waals surface area contributed by atoms with Gasteiger partial charge in [-0.2, -0.15) is 0 Å². The number of ether oxygens (including phenoxy) is 2. The highest BCUT2D eigenvalue weighted by Gasteiger charge is 2.10. The van der Waals surface area contributed by atoms with Crippen molar-refractivity contribution in [2.75, 3.05) is 26.1 Å². The Bertz CT molecular complexity index is 558. The second kappa shape index (κ2) is 6.20. The predicted octanol–water partition coefficient (Wildman–Crippen LogP) is 3.10. The number of para-hydroxylation sites is 1. The third-order valence-corrected chi connectivity index (χ3v) is 2.72. The van der Waals surface area contributed by atoms with Crippen LogP contribution < -0.4 is 10.5 Å². The average molecular weight is 261 g/mol. The van der Waals surface area contributed by atoms with Crippen LogP contribution in [0.4, 0.5) is 10.1 Å². The van der Waals surface area contributed by atoms with Crippen molar-refractivity contribution in [3.05, 3.63) is 48.3 Å². The van der Waals surface area contributed by atoms with Gasteiger partial charge in [-0.3, -0.25) is 0 Å². The molecule has 0 bridgehead atoms. The van der Waals surface area contributed by atoms with Crippen molar-refractivity contribution in [2.24, 2.45) is 0 Å². The predicted molar refractivity (Wildman–Crippen MR) is 73.6 cm³/mol. The van der Waals surface area contributed by atoms with E-state index in [4.69, 9.17) is 15.2 Å². The van der Waals surface area contributed by atoms with Crippen LogP contribution in [0.25, 0.3) is 11.1 Å². The molecule has 19 heavy (non-hydrogen) atoms. The summed E-state index contributed by atoms with van der Waals surface area (Å²) in [6, 6.07) is 11.9. The Morgan fingerprint density at radius 2 is 1.84 bits per heavy atom. The van der Waals surface area contributed by atoms with E-state index >= 15 is 0 Å². The van der Waals surface area contributed by atoms with Crippen LogP contribution in [-0.4, -0.2) is 20.3 Å². The van der Waals surface area contributed by atoms with Crippen molar-refractivity contribution in [3.8, 4) is 16.9 Å². The summed E-state index contributed by atoms with van der Waals surface area (Å²) in [5, 5.41) is 0. The van der Waals surface area contributed by atoms with Crippen molar-refractivity contribution in [1.29, 1.82) is 0 Å². The van der Waals surface area contributed by atoms with Crippen LogP contribution in [0.15, 0.2) is 42.5 Å². The van der Waals surface area contributed by atoms with Gasteiger partial charge in [-0.05, 0) is 24.3 Å². The van der Waals surface area contributed by atoms with Gasteiger partial charge < -0.3 is 15.2 Å². The number of hydrogen-bond donors (Lipinski definition) is 1. The Balaban J connectivity index is 2.33. The number of benzene rings is 2. The summed E-state index contributed by atoms with van der Waals surface area (Å²) in [6.07, 6.45) is 0. The van der Waals surface area contributed by atoms with Crippen LogP contribution in [0.1, 0.15) is 0 Å². The van der Waals surface area contributed by atoms with E-state index in [1.54, 1.807) is 25.3 Å². The van der Waals surface area contributed by atoms with E-state index in [0.717, 1.165) is 0 Å². The zero-order chi connectivity index (χ0) is 13.7. The van der Waals surface area contributed by atoms with Crippen LogP contribution in [0.3, 0.4) is 0 Å². The highest BCUT2D eigenvalue weighted by Crippen LogP contribution is 2.32. The molecule has 0 aromatic heterocycles. The van der Waals surface area contributed by atoms with Crippen molar-refractivity contribution in [1.82, 2.24) is 0 Å². The topological polar surface area (TPSA) is 44.5 Å². The second-order valence-electron chi connectivity index (χ2n) is 4.08. The van der Waals surface area contributed by atoms with E-state index in [2.05, 4.69) is 0 Å². The lowest BCUT2D eigenvalue weighted by atomic mass is 10.0. The van der Waals surface area contributed by atoms with Gasteiger partial charge in [0.2, 0.25) is 0 Å². The van der Waals surface area contributed by atoms with E-state index in [1.165, 1.54) is 6.07 Å². The van der Waals surface area contributed by atoms with Crippen LogP contribution in [0.2, 0.25) is 0 Å². The fourth-order valence-corrected chi connectivity index (χ4v) is 1.80. The maximum Gasteiger partial charge on any atom is 0.133 e. The van der Waals surface area contributed by atoms with Crippen molar-refractivity contribution >= 4 is 5.69 Å².